The number of hydrogen-bond acceptors (Lipinski definition) is 1. The van der Waals surface area contributed by atoms with Gasteiger partial charge in [0.25, 0.3) is 0 Å². The first-order valence-corrected chi connectivity index (χ1v) is 5.45. The zero-order chi connectivity index (χ0) is 11.8. The van der Waals surface area contributed by atoms with Crippen molar-refractivity contribution in [3.63, 3.8) is 0 Å². The third kappa shape index (κ3) is 1.78. The molecule has 86 valence electrons. The van der Waals surface area contributed by atoms with E-state index < -0.39 is 0 Å². The molecule has 2 aromatic carbocycles. The lowest BCUT2D eigenvalue weighted by atomic mass is 10.0. The van der Waals surface area contributed by atoms with Crippen LogP contribution in [0.25, 0.3) is 11.1 Å². The lowest BCUT2D eigenvalue weighted by molar-refractivity contribution is 0.339. The summed E-state index contributed by atoms with van der Waals surface area (Å²) in [7, 11) is 0. The molecule has 0 saturated carbocycles. The molecule has 3 rings (SSSR count). The molecule has 1 heterocycles. The van der Waals surface area contributed by atoms with Crippen molar-refractivity contribution in [3.8, 4) is 16.9 Å². The lowest BCUT2D eigenvalue weighted by Crippen LogP contribution is -1.89. The summed E-state index contributed by atoms with van der Waals surface area (Å²) >= 11 is 0. The van der Waals surface area contributed by atoms with Crippen LogP contribution >= 0.6 is 0 Å². The highest BCUT2D eigenvalue weighted by Gasteiger charge is 2.18. The Kier molecular flexibility index (Phi) is 2.32. The number of fused-ring (bicyclic) bond motifs is 1. The lowest BCUT2D eigenvalue weighted by Gasteiger charge is -2.06. The van der Waals surface area contributed by atoms with Crippen LogP contribution in [0.5, 0.6) is 5.75 Å². The summed E-state index contributed by atoms with van der Waals surface area (Å²) in [5, 5.41) is 0. The highest BCUT2D eigenvalue weighted by atomic mass is 19.1. The second-order valence-corrected chi connectivity index (χ2v) is 4.05. The van der Waals surface area contributed by atoms with Gasteiger partial charge in [-0.05, 0) is 35.4 Å². The van der Waals surface area contributed by atoms with Crippen molar-refractivity contribution in [3.05, 3.63) is 53.6 Å². The molecule has 0 N–H and O–H groups in total. The Balaban J connectivity index is 2.10. The highest BCUT2D eigenvalue weighted by Crippen LogP contribution is 2.33. The molecule has 0 spiro atoms. The SMILES string of the molecule is Fc1ccc(-c2cc(F)c3c(c2)CCO3)cc1. The maximum Gasteiger partial charge on any atom is 0.165 e. The molecule has 0 fully saturated rings. The molecule has 0 saturated heterocycles. The quantitative estimate of drug-likeness (QED) is 0.730. The smallest absolute Gasteiger partial charge is 0.165 e. The summed E-state index contributed by atoms with van der Waals surface area (Å²) in [6.07, 6.45) is 0.724. The molecule has 0 aromatic heterocycles. The van der Waals surface area contributed by atoms with Gasteiger partial charge in [0.2, 0.25) is 0 Å². The Hall–Kier alpha value is -1.90. The standard InChI is InChI=1S/C14H10F2O/c15-12-3-1-9(2-4-12)11-7-10-5-6-17-14(10)13(16)8-11/h1-4,7-8H,5-6H2. The van der Waals surface area contributed by atoms with Gasteiger partial charge in [-0.2, -0.15) is 0 Å². The van der Waals surface area contributed by atoms with E-state index in [0.717, 1.165) is 23.1 Å². The van der Waals surface area contributed by atoms with E-state index >= 15 is 0 Å². The van der Waals surface area contributed by atoms with E-state index in [2.05, 4.69) is 0 Å². The minimum atomic E-state index is -0.348. The Morgan fingerprint density at radius 3 is 2.47 bits per heavy atom. The Bertz CT molecular complexity index is 561. The van der Waals surface area contributed by atoms with E-state index in [0.29, 0.717) is 12.4 Å². The van der Waals surface area contributed by atoms with Gasteiger partial charge in [0.1, 0.15) is 5.82 Å². The van der Waals surface area contributed by atoms with Gasteiger partial charge in [0.15, 0.2) is 11.6 Å². The topological polar surface area (TPSA) is 9.23 Å². The van der Waals surface area contributed by atoms with Crippen molar-refractivity contribution in [2.45, 2.75) is 6.42 Å². The number of benzene rings is 2. The van der Waals surface area contributed by atoms with Crippen LogP contribution in [-0.2, 0) is 6.42 Å². The van der Waals surface area contributed by atoms with Crippen LogP contribution < -0.4 is 4.74 Å². The van der Waals surface area contributed by atoms with Crippen molar-refractivity contribution >= 4 is 0 Å². The van der Waals surface area contributed by atoms with Crippen molar-refractivity contribution in [1.82, 2.24) is 0 Å². The zero-order valence-corrected chi connectivity index (χ0v) is 9.04. The Morgan fingerprint density at radius 2 is 1.71 bits per heavy atom. The number of rotatable bonds is 1. The largest absolute Gasteiger partial charge is 0.490 e. The van der Waals surface area contributed by atoms with Crippen LogP contribution in [0.15, 0.2) is 36.4 Å². The molecular formula is C14H10F2O. The third-order valence-corrected chi connectivity index (χ3v) is 2.92. The van der Waals surface area contributed by atoms with Crippen LogP contribution in [0, 0.1) is 11.6 Å². The molecule has 0 bridgehead atoms. The predicted octanol–water partition coefficient (Wildman–Crippen LogP) is 3.57. The molecule has 0 atom stereocenters. The second-order valence-electron chi connectivity index (χ2n) is 4.05. The summed E-state index contributed by atoms with van der Waals surface area (Å²) in [5.41, 5.74) is 2.44. The molecule has 0 amide bonds. The third-order valence-electron chi connectivity index (χ3n) is 2.92. The van der Waals surface area contributed by atoms with Gasteiger partial charge < -0.3 is 4.74 Å². The molecule has 3 heteroatoms. The molecule has 0 unspecified atom stereocenters. The monoisotopic (exact) mass is 232 g/mol. The van der Waals surface area contributed by atoms with E-state index in [1.165, 1.54) is 18.2 Å². The van der Waals surface area contributed by atoms with Crippen LogP contribution in [0.4, 0.5) is 8.78 Å². The van der Waals surface area contributed by atoms with Crippen molar-refractivity contribution < 1.29 is 13.5 Å². The van der Waals surface area contributed by atoms with Crippen LogP contribution in [-0.4, -0.2) is 6.61 Å². The predicted molar refractivity (Wildman–Crippen MR) is 61.0 cm³/mol. The first-order valence-electron chi connectivity index (χ1n) is 5.45. The van der Waals surface area contributed by atoms with Crippen LogP contribution in [0.3, 0.4) is 0 Å². The number of ether oxygens (including phenoxy) is 1. The maximum atomic E-state index is 13.7. The van der Waals surface area contributed by atoms with Crippen molar-refractivity contribution in [2.75, 3.05) is 6.61 Å². The van der Waals surface area contributed by atoms with Gasteiger partial charge in [0, 0.05) is 12.0 Å². The highest BCUT2D eigenvalue weighted by molar-refractivity contribution is 5.66. The van der Waals surface area contributed by atoms with Crippen LogP contribution in [0.1, 0.15) is 5.56 Å². The van der Waals surface area contributed by atoms with Gasteiger partial charge in [-0.1, -0.05) is 12.1 Å². The van der Waals surface area contributed by atoms with Crippen LogP contribution in [0.2, 0.25) is 0 Å². The molecule has 2 aromatic rings. The van der Waals surface area contributed by atoms with Gasteiger partial charge in [-0.15, -0.1) is 0 Å². The Labute approximate surface area is 97.7 Å². The van der Waals surface area contributed by atoms with E-state index in [-0.39, 0.29) is 11.6 Å². The molecule has 1 aliphatic heterocycles. The van der Waals surface area contributed by atoms with Gasteiger partial charge >= 0.3 is 0 Å². The van der Waals surface area contributed by atoms with Gasteiger partial charge in [-0.25, -0.2) is 8.78 Å². The number of halogens is 2. The minimum absolute atomic E-state index is 0.293. The minimum Gasteiger partial charge on any atom is -0.490 e. The Morgan fingerprint density at radius 1 is 0.941 bits per heavy atom. The summed E-state index contributed by atoms with van der Waals surface area (Å²) in [4.78, 5) is 0. The zero-order valence-electron chi connectivity index (χ0n) is 9.04. The molecule has 17 heavy (non-hydrogen) atoms. The summed E-state index contributed by atoms with van der Waals surface area (Å²) in [5.74, 6) is -0.283. The molecule has 0 aliphatic carbocycles. The average Bonchev–Trinajstić information content (AvgIpc) is 2.78. The summed E-state index contributed by atoms with van der Waals surface area (Å²) < 4.78 is 31.7. The first kappa shape index (κ1) is 10.3. The van der Waals surface area contributed by atoms with Gasteiger partial charge in [-0.3, -0.25) is 0 Å². The second kappa shape index (κ2) is 3.84. The molecule has 1 aliphatic rings. The van der Waals surface area contributed by atoms with Crippen molar-refractivity contribution in [2.24, 2.45) is 0 Å². The number of hydrogen-bond donors (Lipinski definition) is 0. The van der Waals surface area contributed by atoms with E-state index in [4.69, 9.17) is 4.74 Å². The van der Waals surface area contributed by atoms with E-state index in [9.17, 15) is 8.78 Å². The fourth-order valence-corrected chi connectivity index (χ4v) is 2.07. The first-order chi connectivity index (χ1) is 8.24. The fourth-order valence-electron chi connectivity index (χ4n) is 2.07. The van der Waals surface area contributed by atoms with E-state index in [1.807, 2.05) is 6.07 Å². The summed E-state index contributed by atoms with van der Waals surface area (Å²) in [6, 6.07) is 9.36. The summed E-state index contributed by atoms with van der Waals surface area (Å²) in [6.45, 7) is 0.527. The maximum absolute atomic E-state index is 13.7. The van der Waals surface area contributed by atoms with E-state index in [1.54, 1.807) is 12.1 Å². The molecule has 0 radical (unpaired) electrons. The molecule has 1 nitrogen and oxygen atoms in total. The fraction of sp³-hybridized carbons (Fsp3) is 0.143. The molecular weight excluding hydrogens is 222 g/mol. The average molecular weight is 232 g/mol. The normalized spacial score (nSPS) is 13.3. The van der Waals surface area contributed by atoms with Gasteiger partial charge in [0.05, 0.1) is 6.61 Å². The van der Waals surface area contributed by atoms with Crippen molar-refractivity contribution in [1.29, 1.82) is 0 Å².